The van der Waals surface area contributed by atoms with Crippen molar-refractivity contribution >= 4 is 17.5 Å². The van der Waals surface area contributed by atoms with Crippen molar-refractivity contribution in [2.24, 2.45) is 5.41 Å². The van der Waals surface area contributed by atoms with Gasteiger partial charge in [-0.05, 0) is 11.8 Å². The summed E-state index contributed by atoms with van der Waals surface area (Å²) in [5.41, 5.74) is 0.0828. The molecular formula is C10H15ClFN3. The average Bonchev–Trinajstić information content (AvgIpc) is 2.17. The molecule has 0 amide bonds. The first-order valence-corrected chi connectivity index (χ1v) is 5.34. The molecule has 0 fully saturated rings. The molecule has 0 aromatic carbocycles. The molecule has 0 radical (unpaired) electrons. The van der Waals surface area contributed by atoms with E-state index in [1.54, 1.807) is 0 Å². The number of nitrogens with zero attached hydrogens (tertiary/aromatic N) is 2. The summed E-state index contributed by atoms with van der Waals surface area (Å²) in [4.78, 5) is 7.62. The number of hydrogen-bond acceptors (Lipinski definition) is 3. The molecule has 0 bridgehead atoms. The lowest BCUT2D eigenvalue weighted by molar-refractivity contribution is 0.378. The summed E-state index contributed by atoms with van der Waals surface area (Å²) in [6.45, 7) is 4.92. The maximum Gasteiger partial charge on any atom is 0.222 e. The van der Waals surface area contributed by atoms with Crippen molar-refractivity contribution in [3.05, 3.63) is 18.2 Å². The van der Waals surface area contributed by atoms with E-state index in [9.17, 15) is 4.39 Å². The number of rotatable bonds is 5. The average molecular weight is 232 g/mol. The van der Waals surface area contributed by atoms with E-state index < -0.39 is 5.82 Å². The van der Waals surface area contributed by atoms with Gasteiger partial charge in [-0.1, -0.05) is 13.8 Å². The summed E-state index contributed by atoms with van der Waals surface area (Å²) < 4.78 is 12.5. The second-order valence-corrected chi connectivity index (χ2v) is 4.56. The highest BCUT2D eigenvalue weighted by Gasteiger charge is 2.16. The van der Waals surface area contributed by atoms with Gasteiger partial charge in [-0.2, -0.15) is 0 Å². The first kappa shape index (κ1) is 12.2. The van der Waals surface area contributed by atoms with Gasteiger partial charge >= 0.3 is 0 Å². The maximum atomic E-state index is 12.5. The lowest BCUT2D eigenvalue weighted by Crippen LogP contribution is -2.24. The Bertz CT molecular complexity index is 300. The molecule has 5 heteroatoms. The monoisotopic (exact) mass is 231 g/mol. The van der Waals surface area contributed by atoms with Crippen molar-refractivity contribution in [3.8, 4) is 0 Å². The van der Waals surface area contributed by atoms with Crippen LogP contribution in [0.4, 0.5) is 10.3 Å². The Morgan fingerprint density at radius 2 is 2.00 bits per heavy atom. The van der Waals surface area contributed by atoms with Gasteiger partial charge in [0.15, 0.2) is 5.82 Å². The van der Waals surface area contributed by atoms with Crippen LogP contribution in [0.15, 0.2) is 12.4 Å². The number of alkyl halides is 1. The molecule has 1 heterocycles. The minimum absolute atomic E-state index is 0.0828. The Balaban J connectivity index is 2.46. The number of halogens is 2. The number of hydrogen-bond donors (Lipinski definition) is 1. The molecule has 0 aliphatic carbocycles. The Labute approximate surface area is 94.1 Å². The molecule has 0 atom stereocenters. The molecule has 1 rings (SSSR count). The highest BCUT2D eigenvalue weighted by Crippen LogP contribution is 2.20. The Morgan fingerprint density at radius 1 is 1.40 bits per heavy atom. The van der Waals surface area contributed by atoms with Crippen LogP contribution in [0.5, 0.6) is 0 Å². The molecule has 1 N–H and O–H groups in total. The molecule has 15 heavy (non-hydrogen) atoms. The van der Waals surface area contributed by atoms with Crippen molar-refractivity contribution in [3.63, 3.8) is 0 Å². The van der Waals surface area contributed by atoms with Crippen LogP contribution >= 0.6 is 11.6 Å². The van der Waals surface area contributed by atoms with Gasteiger partial charge in [0.05, 0.1) is 12.4 Å². The number of anilines is 1. The normalized spacial score (nSPS) is 11.5. The summed E-state index contributed by atoms with van der Waals surface area (Å²) in [6, 6.07) is 0. The summed E-state index contributed by atoms with van der Waals surface area (Å²) in [7, 11) is 0. The third-order valence-electron chi connectivity index (χ3n) is 2.12. The van der Waals surface area contributed by atoms with Crippen molar-refractivity contribution in [1.29, 1.82) is 0 Å². The van der Waals surface area contributed by atoms with Crippen LogP contribution in [-0.4, -0.2) is 22.4 Å². The molecule has 0 aliphatic heterocycles. The van der Waals surface area contributed by atoms with E-state index in [1.165, 1.54) is 0 Å². The first-order valence-electron chi connectivity index (χ1n) is 4.81. The molecule has 3 nitrogen and oxygen atoms in total. The topological polar surface area (TPSA) is 37.8 Å². The second kappa shape index (κ2) is 5.26. The van der Waals surface area contributed by atoms with Crippen LogP contribution in [0.3, 0.4) is 0 Å². The standard InChI is InChI=1S/C10H15ClFN3/c1-10(2,3-4-11)7-15-9-13-5-8(12)6-14-9/h5-6H,3-4,7H2,1-2H3,(H,13,14,15). The highest BCUT2D eigenvalue weighted by atomic mass is 35.5. The molecular weight excluding hydrogens is 217 g/mol. The van der Waals surface area contributed by atoms with Gasteiger partial charge < -0.3 is 5.32 Å². The molecule has 0 spiro atoms. The van der Waals surface area contributed by atoms with Gasteiger partial charge in [-0.15, -0.1) is 11.6 Å². The largest absolute Gasteiger partial charge is 0.354 e. The van der Waals surface area contributed by atoms with Gasteiger partial charge in [0.25, 0.3) is 0 Å². The van der Waals surface area contributed by atoms with Crippen LogP contribution in [0.1, 0.15) is 20.3 Å². The zero-order chi connectivity index (χ0) is 11.3. The van der Waals surface area contributed by atoms with E-state index in [2.05, 4.69) is 29.1 Å². The maximum absolute atomic E-state index is 12.5. The van der Waals surface area contributed by atoms with Crippen LogP contribution in [0, 0.1) is 11.2 Å². The Kier molecular flexibility index (Phi) is 4.27. The summed E-state index contributed by atoms with van der Waals surface area (Å²) in [6.07, 6.45) is 3.19. The van der Waals surface area contributed by atoms with Gasteiger partial charge in [0, 0.05) is 12.4 Å². The minimum Gasteiger partial charge on any atom is -0.354 e. The molecule has 0 saturated heterocycles. The molecule has 84 valence electrons. The summed E-state index contributed by atoms with van der Waals surface area (Å²) in [5, 5.41) is 3.05. The van der Waals surface area contributed by atoms with Gasteiger partial charge in [0.1, 0.15) is 0 Å². The van der Waals surface area contributed by atoms with Gasteiger partial charge in [-0.3, -0.25) is 0 Å². The Hall–Kier alpha value is -0.900. The van der Waals surface area contributed by atoms with Crippen LogP contribution in [0.2, 0.25) is 0 Å². The second-order valence-electron chi connectivity index (χ2n) is 4.18. The molecule has 1 aromatic heterocycles. The van der Waals surface area contributed by atoms with Crippen molar-refractivity contribution in [1.82, 2.24) is 9.97 Å². The number of nitrogens with one attached hydrogen (secondary N) is 1. The zero-order valence-corrected chi connectivity index (χ0v) is 9.68. The lowest BCUT2D eigenvalue weighted by Gasteiger charge is -2.23. The molecule has 0 unspecified atom stereocenters. The number of aromatic nitrogens is 2. The van der Waals surface area contributed by atoms with E-state index in [-0.39, 0.29) is 5.41 Å². The fraction of sp³-hybridized carbons (Fsp3) is 0.600. The summed E-state index contributed by atoms with van der Waals surface area (Å²) >= 11 is 5.68. The third-order valence-corrected chi connectivity index (χ3v) is 2.31. The third kappa shape index (κ3) is 4.42. The van der Waals surface area contributed by atoms with Gasteiger partial charge in [0.2, 0.25) is 5.95 Å². The highest BCUT2D eigenvalue weighted by molar-refractivity contribution is 6.17. The first-order chi connectivity index (χ1) is 7.03. The minimum atomic E-state index is -0.430. The SMILES string of the molecule is CC(C)(CCCl)CNc1ncc(F)cn1. The van der Waals surface area contributed by atoms with Crippen molar-refractivity contribution in [2.45, 2.75) is 20.3 Å². The lowest BCUT2D eigenvalue weighted by atomic mass is 9.90. The van der Waals surface area contributed by atoms with Crippen LogP contribution in [-0.2, 0) is 0 Å². The van der Waals surface area contributed by atoms with Crippen molar-refractivity contribution in [2.75, 3.05) is 17.7 Å². The molecule has 1 aromatic rings. The van der Waals surface area contributed by atoms with E-state index in [4.69, 9.17) is 11.6 Å². The summed E-state index contributed by atoms with van der Waals surface area (Å²) in [5.74, 6) is 0.637. The Morgan fingerprint density at radius 3 is 2.53 bits per heavy atom. The van der Waals surface area contributed by atoms with E-state index in [1.807, 2.05) is 0 Å². The zero-order valence-electron chi connectivity index (χ0n) is 8.93. The quantitative estimate of drug-likeness (QED) is 0.792. The predicted octanol–water partition coefficient (Wildman–Crippen LogP) is 2.68. The van der Waals surface area contributed by atoms with E-state index in [0.717, 1.165) is 18.8 Å². The van der Waals surface area contributed by atoms with E-state index >= 15 is 0 Å². The molecule has 0 saturated carbocycles. The fourth-order valence-electron chi connectivity index (χ4n) is 1.07. The van der Waals surface area contributed by atoms with Gasteiger partial charge in [-0.25, -0.2) is 14.4 Å². The van der Waals surface area contributed by atoms with Crippen molar-refractivity contribution < 1.29 is 4.39 Å². The van der Waals surface area contributed by atoms with Crippen LogP contribution in [0.25, 0.3) is 0 Å². The van der Waals surface area contributed by atoms with E-state index in [0.29, 0.717) is 18.4 Å². The fourth-order valence-corrected chi connectivity index (χ4v) is 1.58. The predicted molar refractivity (Wildman–Crippen MR) is 59.6 cm³/mol. The smallest absolute Gasteiger partial charge is 0.222 e. The van der Waals surface area contributed by atoms with Crippen LogP contribution < -0.4 is 5.32 Å². The molecule has 0 aliphatic rings.